The van der Waals surface area contributed by atoms with Gasteiger partial charge in [0.05, 0.1) is 5.69 Å². The number of nitrogens with two attached hydrogens (primary N) is 2. The number of nitrogens with one attached hydrogen (secondary N) is 2. The van der Waals surface area contributed by atoms with Crippen LogP contribution in [0.1, 0.15) is 45.1 Å². The minimum Gasteiger partial charge on any atom is -0.480 e. The standard InChI is InChI=1S/C23H36N6O5S.H2O/c1-14-8-10-29(18(12-14)22(31)32)21(30)17(6-4-9-26-23(24)25)28-35(33,34)19-7-3-5-16-11-15(2)13-27-20(16)19;/h3,5,7,14-15,17-18,27-28H,4,6,8-13H2,1-2H3,(H,31,32)(H4,24,25,26);1H2/t14-,15?,17?,18+;/m1./s1. The first-order valence-corrected chi connectivity index (χ1v) is 13.4. The number of fused-ring (bicyclic) bond motifs is 1. The van der Waals surface area contributed by atoms with E-state index < -0.39 is 34.0 Å². The van der Waals surface area contributed by atoms with E-state index in [1.54, 1.807) is 6.07 Å². The Labute approximate surface area is 211 Å². The summed E-state index contributed by atoms with van der Waals surface area (Å²) in [5, 5.41) is 12.9. The molecule has 2 heterocycles. The third-order valence-corrected chi connectivity index (χ3v) is 8.09. The molecule has 3 rings (SSSR count). The van der Waals surface area contributed by atoms with Crippen LogP contribution in [0.3, 0.4) is 0 Å². The number of carbonyl (C=O) groups is 2. The van der Waals surface area contributed by atoms with Crippen LogP contribution in [0.4, 0.5) is 5.69 Å². The summed E-state index contributed by atoms with van der Waals surface area (Å²) in [4.78, 5) is 30.7. The van der Waals surface area contributed by atoms with Crippen molar-refractivity contribution >= 4 is 33.5 Å². The van der Waals surface area contributed by atoms with Crippen LogP contribution in [0.2, 0.25) is 0 Å². The fraction of sp³-hybridized carbons (Fsp3) is 0.609. The maximum Gasteiger partial charge on any atom is 0.326 e. The third kappa shape index (κ3) is 7.08. The van der Waals surface area contributed by atoms with Crippen molar-refractivity contribution in [3.63, 3.8) is 0 Å². The van der Waals surface area contributed by atoms with Gasteiger partial charge in [0.15, 0.2) is 5.96 Å². The molecule has 0 radical (unpaired) electrons. The molecule has 9 N–H and O–H groups in total. The molecular formula is C23H38N6O6S. The van der Waals surface area contributed by atoms with E-state index in [0.717, 1.165) is 12.0 Å². The molecule has 0 spiro atoms. The molecule has 0 aromatic heterocycles. The van der Waals surface area contributed by atoms with Gasteiger partial charge in [-0.15, -0.1) is 0 Å². The molecular weight excluding hydrogens is 488 g/mol. The maximum atomic E-state index is 13.5. The first-order valence-electron chi connectivity index (χ1n) is 12.0. The smallest absolute Gasteiger partial charge is 0.326 e. The van der Waals surface area contributed by atoms with Gasteiger partial charge in [-0.25, -0.2) is 13.2 Å². The summed E-state index contributed by atoms with van der Waals surface area (Å²) in [6, 6.07) is 2.94. The van der Waals surface area contributed by atoms with Crippen LogP contribution in [-0.4, -0.2) is 73.5 Å². The molecule has 1 amide bonds. The number of piperidine rings is 1. The van der Waals surface area contributed by atoms with Crippen LogP contribution in [0.5, 0.6) is 0 Å². The van der Waals surface area contributed by atoms with E-state index in [2.05, 4.69) is 22.0 Å². The number of carboxylic acid groups (broad SMARTS) is 1. The number of guanidine groups is 1. The van der Waals surface area contributed by atoms with Gasteiger partial charge in [-0.2, -0.15) is 4.72 Å². The topological polar surface area (TPSA) is 212 Å². The minimum atomic E-state index is -4.10. The number of rotatable bonds is 9. The zero-order valence-corrected chi connectivity index (χ0v) is 21.6. The number of amides is 1. The zero-order chi connectivity index (χ0) is 25.8. The largest absolute Gasteiger partial charge is 0.480 e. The van der Waals surface area contributed by atoms with Crippen molar-refractivity contribution in [2.75, 3.05) is 25.0 Å². The predicted octanol–water partition coefficient (Wildman–Crippen LogP) is -0.122. The second-order valence-electron chi connectivity index (χ2n) is 9.62. The Kier molecular flexibility index (Phi) is 10.1. The SMILES string of the molecule is CC1CNc2c(cccc2S(=O)(=O)NC(CCCN=C(N)N)C(=O)N2CC[C@@H](C)C[C@H]2C(=O)O)C1.O. The second kappa shape index (κ2) is 12.4. The van der Waals surface area contributed by atoms with Gasteiger partial charge in [-0.05, 0) is 55.6 Å². The lowest BCUT2D eigenvalue weighted by atomic mass is 9.91. The Balaban J connectivity index is 0.00000456. The molecule has 0 bridgehead atoms. The lowest BCUT2D eigenvalue weighted by Crippen LogP contribution is -2.56. The number of aliphatic imine (C=N–C) groups is 1. The quantitative estimate of drug-likeness (QED) is 0.166. The van der Waals surface area contributed by atoms with Crippen molar-refractivity contribution in [3.8, 4) is 0 Å². The number of sulfonamides is 1. The number of anilines is 1. The summed E-state index contributed by atoms with van der Waals surface area (Å²) in [5.74, 6) is -1.22. The number of benzene rings is 1. The first-order chi connectivity index (χ1) is 16.5. The number of aliphatic carboxylic acids is 1. The highest BCUT2D eigenvalue weighted by molar-refractivity contribution is 7.89. The van der Waals surface area contributed by atoms with E-state index >= 15 is 0 Å². The third-order valence-electron chi connectivity index (χ3n) is 6.57. The number of carboxylic acids is 1. The summed E-state index contributed by atoms with van der Waals surface area (Å²) in [6.07, 6.45) is 2.17. The van der Waals surface area contributed by atoms with Crippen LogP contribution in [0.25, 0.3) is 0 Å². The highest BCUT2D eigenvalue weighted by atomic mass is 32.2. The fourth-order valence-corrected chi connectivity index (χ4v) is 6.17. The molecule has 36 heavy (non-hydrogen) atoms. The lowest BCUT2D eigenvalue weighted by Gasteiger charge is -2.38. The Morgan fingerprint density at radius 2 is 2.00 bits per heavy atom. The summed E-state index contributed by atoms with van der Waals surface area (Å²) in [5.41, 5.74) is 12.2. The molecule has 2 unspecified atom stereocenters. The number of hydrogen-bond acceptors (Lipinski definition) is 6. The van der Waals surface area contributed by atoms with Crippen LogP contribution >= 0.6 is 0 Å². The van der Waals surface area contributed by atoms with Gasteiger partial charge in [0.1, 0.15) is 17.0 Å². The molecule has 2 aliphatic rings. The Morgan fingerprint density at radius 3 is 2.67 bits per heavy atom. The van der Waals surface area contributed by atoms with Gasteiger partial charge in [-0.1, -0.05) is 26.0 Å². The number of likely N-dealkylation sites (tertiary alicyclic amines) is 1. The average Bonchev–Trinajstić information content (AvgIpc) is 2.79. The highest BCUT2D eigenvalue weighted by Gasteiger charge is 2.39. The summed E-state index contributed by atoms with van der Waals surface area (Å²) < 4.78 is 29.5. The van der Waals surface area contributed by atoms with E-state index in [1.807, 2.05) is 13.0 Å². The molecule has 0 aliphatic carbocycles. The van der Waals surface area contributed by atoms with Gasteiger partial charge in [0.25, 0.3) is 0 Å². The number of hydrogen-bond donors (Lipinski definition) is 5. The van der Waals surface area contributed by atoms with E-state index in [4.69, 9.17) is 11.5 Å². The molecule has 1 fully saturated rings. The van der Waals surface area contributed by atoms with Crippen molar-refractivity contribution in [2.45, 2.75) is 62.9 Å². The van der Waals surface area contributed by atoms with Crippen LogP contribution < -0.4 is 21.5 Å². The molecule has 1 aromatic rings. The Morgan fingerprint density at radius 1 is 1.28 bits per heavy atom. The Bertz CT molecular complexity index is 1070. The molecule has 13 heteroatoms. The number of carbonyl (C=O) groups excluding carboxylic acids is 1. The second-order valence-corrected chi connectivity index (χ2v) is 11.3. The molecule has 4 atom stereocenters. The summed E-state index contributed by atoms with van der Waals surface area (Å²) >= 11 is 0. The average molecular weight is 527 g/mol. The van der Waals surface area contributed by atoms with Crippen molar-refractivity contribution < 1.29 is 28.6 Å². The van der Waals surface area contributed by atoms with Gasteiger partial charge >= 0.3 is 5.97 Å². The predicted molar refractivity (Wildman–Crippen MR) is 137 cm³/mol. The lowest BCUT2D eigenvalue weighted by molar-refractivity contribution is -0.153. The molecule has 12 nitrogen and oxygen atoms in total. The van der Waals surface area contributed by atoms with Gasteiger partial charge in [0.2, 0.25) is 15.9 Å². The molecule has 202 valence electrons. The van der Waals surface area contributed by atoms with E-state index in [0.29, 0.717) is 37.4 Å². The zero-order valence-electron chi connectivity index (χ0n) is 20.7. The molecule has 2 aliphatic heterocycles. The highest BCUT2D eigenvalue weighted by Crippen LogP contribution is 2.31. The summed E-state index contributed by atoms with van der Waals surface area (Å²) in [7, 11) is -4.10. The van der Waals surface area contributed by atoms with Crippen LogP contribution in [-0.2, 0) is 26.0 Å². The maximum absolute atomic E-state index is 13.5. The van der Waals surface area contributed by atoms with Crippen molar-refractivity contribution in [2.24, 2.45) is 28.3 Å². The van der Waals surface area contributed by atoms with Gasteiger partial charge in [-0.3, -0.25) is 9.79 Å². The normalized spacial score (nSPS) is 22.4. The van der Waals surface area contributed by atoms with E-state index in [-0.39, 0.29) is 41.8 Å². The minimum absolute atomic E-state index is 0. The fourth-order valence-electron chi connectivity index (χ4n) is 4.72. The first kappa shape index (κ1) is 29.3. The van der Waals surface area contributed by atoms with Gasteiger partial charge in [0, 0.05) is 19.6 Å². The van der Waals surface area contributed by atoms with E-state index in [9.17, 15) is 23.1 Å². The van der Waals surface area contributed by atoms with Crippen LogP contribution in [0.15, 0.2) is 28.1 Å². The van der Waals surface area contributed by atoms with Crippen molar-refractivity contribution in [1.82, 2.24) is 9.62 Å². The van der Waals surface area contributed by atoms with Crippen molar-refractivity contribution in [3.05, 3.63) is 23.8 Å². The van der Waals surface area contributed by atoms with Crippen LogP contribution in [0, 0.1) is 11.8 Å². The summed E-state index contributed by atoms with van der Waals surface area (Å²) in [6.45, 7) is 5.14. The van der Waals surface area contributed by atoms with Gasteiger partial charge < -0.3 is 32.3 Å². The molecule has 1 saturated heterocycles. The molecule has 0 saturated carbocycles. The van der Waals surface area contributed by atoms with E-state index in [1.165, 1.54) is 11.0 Å². The number of nitrogens with zero attached hydrogens (tertiary/aromatic N) is 2. The monoisotopic (exact) mass is 526 g/mol. The molecule has 1 aromatic carbocycles. The Hall–Kier alpha value is -2.90. The number of para-hydroxylation sites is 1. The van der Waals surface area contributed by atoms with Crippen molar-refractivity contribution in [1.29, 1.82) is 0 Å².